The van der Waals surface area contributed by atoms with Gasteiger partial charge in [0, 0.05) is 22.3 Å². The molecule has 3 rings (SSSR count). The summed E-state index contributed by atoms with van der Waals surface area (Å²) in [6, 6.07) is 19.1. The molecule has 0 fully saturated rings. The molecule has 0 unspecified atom stereocenters. The van der Waals surface area contributed by atoms with Crippen molar-refractivity contribution < 1.29 is 5.11 Å². The monoisotopic (exact) mass is 382 g/mol. The van der Waals surface area contributed by atoms with E-state index in [0.29, 0.717) is 16.8 Å². The zero-order valence-corrected chi connectivity index (χ0v) is 16.1. The Morgan fingerprint density at radius 2 is 1.70 bits per heavy atom. The summed E-state index contributed by atoms with van der Waals surface area (Å²) in [7, 11) is 0. The highest BCUT2D eigenvalue weighted by molar-refractivity contribution is 6.30. The third-order valence-corrected chi connectivity index (χ3v) is 4.48. The summed E-state index contributed by atoms with van der Waals surface area (Å²) < 4.78 is 0. The summed E-state index contributed by atoms with van der Waals surface area (Å²) in [5.41, 5.74) is 2.67. The number of nitrogens with one attached hydrogen (secondary N) is 2. The SMILES string of the molecule is CC(C)[C@H](CO)Nc1nc(Nc2ccc(Cl)cc2)cc(-c2ccccc2)n1. The van der Waals surface area contributed by atoms with Gasteiger partial charge in [-0.2, -0.15) is 4.98 Å². The average molecular weight is 383 g/mol. The van der Waals surface area contributed by atoms with Crippen molar-refractivity contribution in [1.29, 1.82) is 0 Å². The second kappa shape index (κ2) is 8.84. The first kappa shape index (κ1) is 19.1. The van der Waals surface area contributed by atoms with Crippen molar-refractivity contribution in [2.24, 2.45) is 5.92 Å². The van der Waals surface area contributed by atoms with Gasteiger partial charge in [-0.1, -0.05) is 55.8 Å². The lowest BCUT2D eigenvalue weighted by atomic mass is 10.1. The highest BCUT2D eigenvalue weighted by atomic mass is 35.5. The molecule has 1 heterocycles. The minimum absolute atomic E-state index is 0.0105. The molecule has 0 saturated heterocycles. The summed E-state index contributed by atoms with van der Waals surface area (Å²) in [6.07, 6.45) is 0. The van der Waals surface area contributed by atoms with Crippen LogP contribution in [0.25, 0.3) is 11.3 Å². The number of aromatic nitrogens is 2. The number of halogens is 1. The van der Waals surface area contributed by atoms with Crippen LogP contribution >= 0.6 is 11.6 Å². The molecular formula is C21H23ClN4O. The van der Waals surface area contributed by atoms with Gasteiger partial charge < -0.3 is 15.7 Å². The molecule has 0 aliphatic heterocycles. The number of aliphatic hydroxyl groups excluding tert-OH is 1. The van der Waals surface area contributed by atoms with Crippen LogP contribution in [0.3, 0.4) is 0 Å². The topological polar surface area (TPSA) is 70.1 Å². The van der Waals surface area contributed by atoms with Crippen LogP contribution in [0.4, 0.5) is 17.5 Å². The number of nitrogens with zero attached hydrogens (tertiary/aromatic N) is 2. The molecule has 0 aliphatic rings. The van der Waals surface area contributed by atoms with Crippen molar-refractivity contribution in [3.63, 3.8) is 0 Å². The minimum Gasteiger partial charge on any atom is -0.394 e. The van der Waals surface area contributed by atoms with Crippen LogP contribution < -0.4 is 10.6 Å². The van der Waals surface area contributed by atoms with E-state index in [4.69, 9.17) is 11.6 Å². The molecule has 3 N–H and O–H groups in total. The Labute approximate surface area is 164 Å². The summed E-state index contributed by atoms with van der Waals surface area (Å²) in [4.78, 5) is 9.20. The third kappa shape index (κ3) is 5.18. The Morgan fingerprint density at radius 1 is 1.00 bits per heavy atom. The van der Waals surface area contributed by atoms with Crippen LogP contribution in [0.2, 0.25) is 5.02 Å². The molecule has 0 radical (unpaired) electrons. The smallest absolute Gasteiger partial charge is 0.225 e. The van der Waals surface area contributed by atoms with Gasteiger partial charge in [0.25, 0.3) is 0 Å². The van der Waals surface area contributed by atoms with E-state index in [1.165, 1.54) is 0 Å². The van der Waals surface area contributed by atoms with Gasteiger partial charge in [0.15, 0.2) is 0 Å². The lowest BCUT2D eigenvalue weighted by Gasteiger charge is -2.20. The van der Waals surface area contributed by atoms with E-state index >= 15 is 0 Å². The fourth-order valence-corrected chi connectivity index (χ4v) is 2.73. The number of hydrogen-bond donors (Lipinski definition) is 3. The molecule has 140 valence electrons. The summed E-state index contributed by atoms with van der Waals surface area (Å²) in [5, 5.41) is 16.8. The van der Waals surface area contributed by atoms with E-state index in [-0.39, 0.29) is 18.6 Å². The minimum atomic E-state index is -0.126. The molecule has 3 aromatic rings. The molecule has 1 aromatic heterocycles. The Morgan fingerprint density at radius 3 is 2.33 bits per heavy atom. The van der Waals surface area contributed by atoms with Crippen LogP contribution in [0, 0.1) is 5.92 Å². The Bertz CT molecular complexity index is 869. The van der Waals surface area contributed by atoms with E-state index in [1.807, 2.05) is 74.5 Å². The quantitative estimate of drug-likeness (QED) is 0.538. The lowest BCUT2D eigenvalue weighted by molar-refractivity contribution is 0.248. The molecule has 0 amide bonds. The number of aliphatic hydroxyl groups is 1. The predicted molar refractivity (Wildman–Crippen MR) is 112 cm³/mol. The molecule has 2 aromatic carbocycles. The third-order valence-electron chi connectivity index (χ3n) is 4.23. The van der Waals surface area contributed by atoms with Crippen molar-refractivity contribution in [3.8, 4) is 11.3 Å². The molecule has 0 saturated carbocycles. The average Bonchev–Trinajstić information content (AvgIpc) is 2.68. The normalized spacial score (nSPS) is 12.0. The van der Waals surface area contributed by atoms with Gasteiger partial charge in [-0.15, -0.1) is 0 Å². The standard InChI is InChI=1S/C21H23ClN4O/c1-14(2)19(13-27)25-21-24-18(15-6-4-3-5-7-15)12-20(26-21)23-17-10-8-16(22)9-11-17/h3-12,14,19,27H,13H2,1-2H3,(H2,23,24,25,26)/t19-/m0/s1. The van der Waals surface area contributed by atoms with Gasteiger partial charge in [0.2, 0.25) is 5.95 Å². The van der Waals surface area contributed by atoms with Crippen molar-refractivity contribution in [3.05, 3.63) is 65.7 Å². The predicted octanol–water partition coefficient (Wildman–Crippen LogP) is 4.97. The zero-order valence-electron chi connectivity index (χ0n) is 15.4. The molecule has 0 aliphatic carbocycles. The maximum atomic E-state index is 9.63. The fraction of sp³-hybridized carbons (Fsp3) is 0.238. The van der Waals surface area contributed by atoms with Crippen molar-refractivity contribution in [1.82, 2.24) is 9.97 Å². The van der Waals surface area contributed by atoms with Crippen LogP contribution in [0.15, 0.2) is 60.7 Å². The van der Waals surface area contributed by atoms with E-state index in [1.54, 1.807) is 0 Å². The maximum Gasteiger partial charge on any atom is 0.225 e. The van der Waals surface area contributed by atoms with Gasteiger partial charge in [-0.3, -0.25) is 0 Å². The van der Waals surface area contributed by atoms with Crippen molar-refractivity contribution in [2.75, 3.05) is 17.2 Å². The van der Waals surface area contributed by atoms with Gasteiger partial charge in [0.05, 0.1) is 18.3 Å². The van der Waals surface area contributed by atoms with Crippen molar-refractivity contribution >= 4 is 29.1 Å². The molecule has 0 bridgehead atoms. The first-order chi connectivity index (χ1) is 13.0. The number of anilines is 3. The van der Waals surface area contributed by atoms with Crippen LogP contribution in [0.5, 0.6) is 0 Å². The lowest BCUT2D eigenvalue weighted by Crippen LogP contribution is -2.30. The maximum absolute atomic E-state index is 9.63. The summed E-state index contributed by atoms with van der Waals surface area (Å²) in [5.74, 6) is 1.38. The molecule has 1 atom stereocenters. The molecule has 0 spiro atoms. The highest BCUT2D eigenvalue weighted by Crippen LogP contribution is 2.25. The van der Waals surface area contributed by atoms with Crippen molar-refractivity contribution in [2.45, 2.75) is 19.9 Å². The zero-order chi connectivity index (χ0) is 19.2. The first-order valence-electron chi connectivity index (χ1n) is 8.89. The van der Waals surface area contributed by atoms with E-state index in [0.717, 1.165) is 16.9 Å². The largest absolute Gasteiger partial charge is 0.394 e. The molecule has 27 heavy (non-hydrogen) atoms. The van der Waals surface area contributed by atoms with Crippen LogP contribution in [-0.4, -0.2) is 27.7 Å². The van der Waals surface area contributed by atoms with E-state index in [2.05, 4.69) is 20.6 Å². The van der Waals surface area contributed by atoms with E-state index < -0.39 is 0 Å². The first-order valence-corrected chi connectivity index (χ1v) is 9.27. The summed E-state index contributed by atoms with van der Waals surface area (Å²) in [6.45, 7) is 4.10. The number of benzene rings is 2. The Hall–Kier alpha value is -2.63. The fourth-order valence-electron chi connectivity index (χ4n) is 2.60. The van der Waals surface area contributed by atoms with Gasteiger partial charge in [-0.25, -0.2) is 4.98 Å². The van der Waals surface area contributed by atoms with Crippen LogP contribution in [0.1, 0.15) is 13.8 Å². The molecule has 6 heteroatoms. The molecule has 5 nitrogen and oxygen atoms in total. The molecular weight excluding hydrogens is 360 g/mol. The van der Waals surface area contributed by atoms with Gasteiger partial charge >= 0.3 is 0 Å². The highest BCUT2D eigenvalue weighted by Gasteiger charge is 2.15. The van der Waals surface area contributed by atoms with Crippen LogP contribution in [-0.2, 0) is 0 Å². The van der Waals surface area contributed by atoms with E-state index in [9.17, 15) is 5.11 Å². The Balaban J connectivity index is 1.96. The second-order valence-electron chi connectivity index (χ2n) is 6.64. The summed E-state index contributed by atoms with van der Waals surface area (Å²) >= 11 is 5.96. The van der Waals surface area contributed by atoms with Gasteiger partial charge in [-0.05, 0) is 30.2 Å². The number of rotatable bonds is 7. The van der Waals surface area contributed by atoms with Gasteiger partial charge in [0.1, 0.15) is 5.82 Å². The Kier molecular flexibility index (Phi) is 6.27. The second-order valence-corrected chi connectivity index (χ2v) is 7.07. The number of hydrogen-bond acceptors (Lipinski definition) is 5.